The Morgan fingerprint density at radius 2 is 1.85 bits per heavy atom. The number of rotatable bonds is 5. The molecular weight excluding hydrogens is 347 g/mol. The molecule has 0 saturated carbocycles. The normalized spacial score (nSPS) is 15.1. The van der Waals surface area contributed by atoms with Crippen molar-refractivity contribution in [3.63, 3.8) is 0 Å². The van der Waals surface area contributed by atoms with Gasteiger partial charge in [0.2, 0.25) is 0 Å². The van der Waals surface area contributed by atoms with Gasteiger partial charge in [-0.1, -0.05) is 6.07 Å². The standard InChI is InChI=1S/C20H25FN4O2/c1-27-19-14-15(2-7-18(19)26)8-9-23-20(22)25-12-10-24(11-13-25)17-5-3-16(21)4-6-17/h2-7,14,26H,8-13H2,1H3,(H2,22,23). The molecule has 0 spiro atoms. The molecule has 1 heterocycles. The lowest BCUT2D eigenvalue weighted by molar-refractivity contribution is 0.373. The predicted octanol–water partition coefficient (Wildman–Crippen LogP) is 2.22. The Morgan fingerprint density at radius 1 is 1.15 bits per heavy atom. The quantitative estimate of drug-likeness (QED) is 0.622. The van der Waals surface area contributed by atoms with E-state index in [0.717, 1.165) is 37.4 Å². The highest BCUT2D eigenvalue weighted by Gasteiger charge is 2.18. The van der Waals surface area contributed by atoms with Gasteiger partial charge in [-0.15, -0.1) is 0 Å². The average molecular weight is 372 g/mol. The van der Waals surface area contributed by atoms with Crippen molar-refractivity contribution in [2.45, 2.75) is 6.42 Å². The van der Waals surface area contributed by atoms with Crippen LogP contribution in [0.1, 0.15) is 5.56 Å². The first-order valence-corrected chi connectivity index (χ1v) is 8.98. The van der Waals surface area contributed by atoms with E-state index in [1.54, 1.807) is 18.2 Å². The minimum absolute atomic E-state index is 0.128. The Kier molecular flexibility index (Phi) is 6.01. The zero-order valence-electron chi connectivity index (χ0n) is 15.4. The zero-order valence-corrected chi connectivity index (χ0v) is 15.4. The third-order valence-corrected chi connectivity index (χ3v) is 4.71. The second kappa shape index (κ2) is 8.62. The molecule has 6 nitrogen and oxygen atoms in total. The lowest BCUT2D eigenvalue weighted by Gasteiger charge is -2.36. The predicted molar refractivity (Wildman–Crippen MR) is 105 cm³/mol. The van der Waals surface area contributed by atoms with Crippen molar-refractivity contribution in [1.29, 1.82) is 0 Å². The molecular formula is C20H25FN4O2. The van der Waals surface area contributed by atoms with Crippen molar-refractivity contribution >= 4 is 11.6 Å². The number of phenolic OH excluding ortho intramolecular Hbond substituents is 1. The summed E-state index contributed by atoms with van der Waals surface area (Å²) in [4.78, 5) is 8.76. The summed E-state index contributed by atoms with van der Waals surface area (Å²) in [5.41, 5.74) is 8.19. The molecule has 0 unspecified atom stereocenters. The van der Waals surface area contributed by atoms with Crippen molar-refractivity contribution < 1.29 is 14.2 Å². The van der Waals surface area contributed by atoms with Crippen molar-refractivity contribution in [2.75, 3.05) is 44.7 Å². The number of guanidine groups is 1. The van der Waals surface area contributed by atoms with E-state index in [1.807, 2.05) is 12.1 Å². The van der Waals surface area contributed by atoms with E-state index in [-0.39, 0.29) is 11.6 Å². The van der Waals surface area contributed by atoms with Crippen LogP contribution in [0.2, 0.25) is 0 Å². The summed E-state index contributed by atoms with van der Waals surface area (Å²) in [6, 6.07) is 11.8. The molecule has 0 amide bonds. The van der Waals surface area contributed by atoms with Gasteiger partial charge in [0, 0.05) is 38.4 Å². The maximum Gasteiger partial charge on any atom is 0.191 e. The Labute approximate surface area is 158 Å². The highest BCUT2D eigenvalue weighted by atomic mass is 19.1. The van der Waals surface area contributed by atoms with Crippen molar-refractivity contribution in [3.8, 4) is 11.5 Å². The number of phenols is 1. The number of nitrogens with zero attached hydrogens (tertiary/aromatic N) is 3. The van der Waals surface area contributed by atoms with Gasteiger partial charge in [0.1, 0.15) is 5.82 Å². The molecule has 2 aromatic rings. The van der Waals surface area contributed by atoms with E-state index in [4.69, 9.17) is 10.5 Å². The van der Waals surface area contributed by atoms with Crippen LogP contribution in [0.15, 0.2) is 47.5 Å². The van der Waals surface area contributed by atoms with Crippen LogP contribution in [-0.4, -0.2) is 55.8 Å². The van der Waals surface area contributed by atoms with Gasteiger partial charge >= 0.3 is 0 Å². The first kappa shape index (κ1) is 18.8. The number of ether oxygens (including phenoxy) is 1. The van der Waals surface area contributed by atoms with E-state index >= 15 is 0 Å². The molecule has 1 aliphatic rings. The fraction of sp³-hybridized carbons (Fsp3) is 0.350. The number of nitrogens with two attached hydrogens (primary N) is 1. The number of halogens is 1. The first-order chi connectivity index (χ1) is 13.1. The van der Waals surface area contributed by atoms with E-state index in [1.165, 1.54) is 19.2 Å². The van der Waals surface area contributed by atoms with Gasteiger partial charge in [-0.05, 0) is 48.4 Å². The lowest BCUT2D eigenvalue weighted by Crippen LogP contribution is -2.51. The molecule has 3 rings (SSSR count). The number of anilines is 1. The third kappa shape index (κ3) is 4.81. The average Bonchev–Trinajstić information content (AvgIpc) is 2.70. The Balaban J connectivity index is 1.50. The fourth-order valence-electron chi connectivity index (χ4n) is 3.12. The zero-order chi connectivity index (χ0) is 19.2. The largest absolute Gasteiger partial charge is 0.504 e. The molecule has 1 fully saturated rings. The van der Waals surface area contributed by atoms with E-state index in [0.29, 0.717) is 24.7 Å². The van der Waals surface area contributed by atoms with Crippen LogP contribution in [0.25, 0.3) is 0 Å². The number of aliphatic imine (C=N–C) groups is 1. The summed E-state index contributed by atoms with van der Waals surface area (Å²) < 4.78 is 18.2. The Morgan fingerprint density at radius 3 is 2.52 bits per heavy atom. The molecule has 0 bridgehead atoms. The van der Waals surface area contributed by atoms with Crippen LogP contribution in [0.5, 0.6) is 11.5 Å². The maximum absolute atomic E-state index is 13.0. The molecule has 27 heavy (non-hydrogen) atoms. The number of hydrogen-bond donors (Lipinski definition) is 2. The second-order valence-electron chi connectivity index (χ2n) is 6.45. The Hall–Kier alpha value is -2.96. The number of hydrogen-bond acceptors (Lipinski definition) is 4. The van der Waals surface area contributed by atoms with E-state index < -0.39 is 0 Å². The summed E-state index contributed by atoms with van der Waals surface area (Å²) in [5, 5.41) is 9.63. The second-order valence-corrected chi connectivity index (χ2v) is 6.45. The molecule has 7 heteroatoms. The van der Waals surface area contributed by atoms with Gasteiger partial charge in [0.05, 0.1) is 7.11 Å². The van der Waals surface area contributed by atoms with E-state index in [2.05, 4.69) is 14.8 Å². The molecule has 1 saturated heterocycles. The highest BCUT2D eigenvalue weighted by molar-refractivity contribution is 5.78. The van der Waals surface area contributed by atoms with Crippen molar-refractivity contribution in [1.82, 2.24) is 4.90 Å². The molecule has 144 valence electrons. The molecule has 0 aromatic heterocycles. The summed E-state index contributed by atoms with van der Waals surface area (Å²) in [7, 11) is 1.53. The monoisotopic (exact) mass is 372 g/mol. The van der Waals surface area contributed by atoms with Crippen LogP contribution in [0.4, 0.5) is 10.1 Å². The minimum atomic E-state index is -0.222. The fourth-order valence-corrected chi connectivity index (χ4v) is 3.12. The topological polar surface area (TPSA) is 74.3 Å². The summed E-state index contributed by atoms with van der Waals surface area (Å²) in [5.74, 6) is 0.907. The molecule has 0 atom stereocenters. The van der Waals surface area contributed by atoms with Crippen LogP contribution in [-0.2, 0) is 6.42 Å². The number of methoxy groups -OCH3 is 1. The Bertz CT molecular complexity index is 787. The summed E-state index contributed by atoms with van der Waals surface area (Å²) in [6.07, 6.45) is 0.715. The van der Waals surface area contributed by atoms with Crippen molar-refractivity contribution in [3.05, 3.63) is 53.8 Å². The highest BCUT2D eigenvalue weighted by Crippen LogP contribution is 2.26. The van der Waals surface area contributed by atoms with Crippen molar-refractivity contribution in [2.24, 2.45) is 10.7 Å². The molecule has 3 N–H and O–H groups in total. The van der Waals surface area contributed by atoms with Gasteiger partial charge in [0.15, 0.2) is 17.5 Å². The van der Waals surface area contributed by atoms with Gasteiger partial charge in [-0.2, -0.15) is 0 Å². The lowest BCUT2D eigenvalue weighted by atomic mass is 10.1. The van der Waals surface area contributed by atoms with Crippen LogP contribution in [0, 0.1) is 5.82 Å². The van der Waals surface area contributed by atoms with Gasteiger partial charge in [-0.25, -0.2) is 4.39 Å². The maximum atomic E-state index is 13.0. The van der Waals surface area contributed by atoms with Crippen LogP contribution >= 0.6 is 0 Å². The van der Waals surface area contributed by atoms with Gasteiger partial charge in [0.25, 0.3) is 0 Å². The smallest absolute Gasteiger partial charge is 0.191 e. The molecule has 1 aliphatic heterocycles. The SMILES string of the molecule is COc1cc(CCN=C(N)N2CCN(c3ccc(F)cc3)CC2)ccc1O. The summed E-state index contributed by atoms with van der Waals surface area (Å²) in [6.45, 7) is 3.76. The van der Waals surface area contributed by atoms with Gasteiger partial charge in [-0.3, -0.25) is 4.99 Å². The number of piperazine rings is 1. The number of benzene rings is 2. The molecule has 0 radical (unpaired) electrons. The summed E-state index contributed by atoms with van der Waals surface area (Å²) >= 11 is 0. The molecule has 0 aliphatic carbocycles. The van der Waals surface area contributed by atoms with Gasteiger partial charge < -0.3 is 25.4 Å². The first-order valence-electron chi connectivity index (χ1n) is 8.98. The van der Waals surface area contributed by atoms with Crippen LogP contribution < -0.4 is 15.4 Å². The molecule has 2 aromatic carbocycles. The third-order valence-electron chi connectivity index (χ3n) is 4.71. The minimum Gasteiger partial charge on any atom is -0.504 e. The number of aromatic hydroxyl groups is 1. The van der Waals surface area contributed by atoms with E-state index in [9.17, 15) is 9.50 Å². The van der Waals surface area contributed by atoms with Crippen LogP contribution in [0.3, 0.4) is 0 Å².